The van der Waals surface area contributed by atoms with Gasteiger partial charge in [0.05, 0.1) is 6.42 Å². The van der Waals surface area contributed by atoms with Crippen molar-refractivity contribution in [2.45, 2.75) is 46.0 Å². The standard InChI is InChI=1S/C16H22N2O2/c1-3-5-11(6-4-2)16(20)17-13-7-8-14-12(9-13)10-15(19)18-14/h7-9,11H,3-6,10H2,1-2H3,(H,17,20)(H,18,19). The van der Waals surface area contributed by atoms with Gasteiger partial charge in [-0.1, -0.05) is 26.7 Å². The summed E-state index contributed by atoms with van der Waals surface area (Å²) in [6.07, 6.45) is 4.27. The number of hydrogen-bond acceptors (Lipinski definition) is 2. The topological polar surface area (TPSA) is 58.2 Å². The van der Waals surface area contributed by atoms with Crippen LogP contribution in [0, 0.1) is 5.92 Å². The van der Waals surface area contributed by atoms with Gasteiger partial charge < -0.3 is 10.6 Å². The normalized spacial score (nSPS) is 13.2. The van der Waals surface area contributed by atoms with Gasteiger partial charge in [-0.3, -0.25) is 9.59 Å². The van der Waals surface area contributed by atoms with Gasteiger partial charge in [0.1, 0.15) is 0 Å². The van der Waals surface area contributed by atoms with Crippen LogP contribution in [0.25, 0.3) is 0 Å². The predicted octanol–water partition coefficient (Wildman–Crippen LogP) is 3.34. The molecular weight excluding hydrogens is 252 g/mol. The van der Waals surface area contributed by atoms with Crippen molar-refractivity contribution in [1.29, 1.82) is 0 Å². The van der Waals surface area contributed by atoms with E-state index in [0.717, 1.165) is 42.6 Å². The Morgan fingerprint density at radius 3 is 2.65 bits per heavy atom. The molecule has 4 nitrogen and oxygen atoms in total. The van der Waals surface area contributed by atoms with Gasteiger partial charge in [-0.15, -0.1) is 0 Å². The SMILES string of the molecule is CCCC(CCC)C(=O)Nc1ccc2c(c1)CC(=O)N2. The minimum Gasteiger partial charge on any atom is -0.326 e. The van der Waals surface area contributed by atoms with E-state index in [-0.39, 0.29) is 17.7 Å². The van der Waals surface area contributed by atoms with Crippen LogP contribution in [0.5, 0.6) is 0 Å². The van der Waals surface area contributed by atoms with Gasteiger partial charge in [0.15, 0.2) is 0 Å². The lowest BCUT2D eigenvalue weighted by atomic mass is 9.97. The highest BCUT2D eigenvalue weighted by Crippen LogP contribution is 2.26. The number of hydrogen-bond donors (Lipinski definition) is 2. The molecule has 0 saturated heterocycles. The zero-order valence-corrected chi connectivity index (χ0v) is 12.2. The first-order valence-corrected chi connectivity index (χ1v) is 7.37. The van der Waals surface area contributed by atoms with Gasteiger partial charge >= 0.3 is 0 Å². The number of nitrogens with one attached hydrogen (secondary N) is 2. The summed E-state index contributed by atoms with van der Waals surface area (Å²) in [5, 5.41) is 5.77. The van der Waals surface area contributed by atoms with Gasteiger partial charge in [0.25, 0.3) is 0 Å². The second kappa shape index (κ2) is 6.55. The van der Waals surface area contributed by atoms with Gasteiger partial charge in [0, 0.05) is 17.3 Å². The molecule has 4 heteroatoms. The van der Waals surface area contributed by atoms with Crippen LogP contribution in [0.15, 0.2) is 18.2 Å². The molecule has 1 aromatic rings. The summed E-state index contributed by atoms with van der Waals surface area (Å²) in [5.41, 5.74) is 2.59. The third-order valence-electron chi connectivity index (χ3n) is 3.64. The van der Waals surface area contributed by atoms with Gasteiger partial charge in [-0.05, 0) is 36.6 Å². The Morgan fingerprint density at radius 2 is 2.00 bits per heavy atom. The van der Waals surface area contributed by atoms with Crippen molar-refractivity contribution in [3.05, 3.63) is 23.8 Å². The van der Waals surface area contributed by atoms with Crippen molar-refractivity contribution in [2.24, 2.45) is 5.92 Å². The molecule has 1 aliphatic rings. The molecule has 1 heterocycles. The van der Waals surface area contributed by atoms with E-state index in [1.807, 2.05) is 18.2 Å². The molecule has 0 saturated carbocycles. The van der Waals surface area contributed by atoms with Crippen molar-refractivity contribution >= 4 is 23.2 Å². The molecule has 0 unspecified atom stereocenters. The molecule has 0 aromatic heterocycles. The molecule has 1 aromatic carbocycles. The summed E-state index contributed by atoms with van der Waals surface area (Å²) in [4.78, 5) is 23.6. The van der Waals surface area contributed by atoms with E-state index >= 15 is 0 Å². The highest BCUT2D eigenvalue weighted by molar-refractivity contribution is 6.00. The van der Waals surface area contributed by atoms with Crippen LogP contribution in [-0.2, 0) is 16.0 Å². The Morgan fingerprint density at radius 1 is 1.30 bits per heavy atom. The molecule has 0 aliphatic carbocycles. The summed E-state index contributed by atoms with van der Waals surface area (Å²) < 4.78 is 0. The monoisotopic (exact) mass is 274 g/mol. The van der Waals surface area contributed by atoms with E-state index < -0.39 is 0 Å². The average molecular weight is 274 g/mol. The summed E-state index contributed by atoms with van der Waals surface area (Å²) in [5.74, 6) is 0.183. The van der Waals surface area contributed by atoms with E-state index in [9.17, 15) is 9.59 Å². The van der Waals surface area contributed by atoms with E-state index in [1.54, 1.807) is 0 Å². The quantitative estimate of drug-likeness (QED) is 0.836. The number of carbonyl (C=O) groups excluding carboxylic acids is 2. The fraction of sp³-hybridized carbons (Fsp3) is 0.500. The Hall–Kier alpha value is -1.84. The van der Waals surface area contributed by atoms with Crippen LogP contribution in [-0.4, -0.2) is 11.8 Å². The maximum Gasteiger partial charge on any atom is 0.228 e. The zero-order chi connectivity index (χ0) is 14.5. The second-order valence-corrected chi connectivity index (χ2v) is 5.36. The van der Waals surface area contributed by atoms with E-state index in [0.29, 0.717) is 6.42 Å². The van der Waals surface area contributed by atoms with Crippen LogP contribution in [0.4, 0.5) is 11.4 Å². The molecule has 2 N–H and O–H groups in total. The fourth-order valence-corrected chi connectivity index (χ4v) is 2.65. The summed E-state index contributed by atoms with van der Waals surface area (Å²) in [6, 6.07) is 5.59. The first-order chi connectivity index (χ1) is 9.63. The summed E-state index contributed by atoms with van der Waals surface area (Å²) in [7, 11) is 0. The lowest BCUT2D eigenvalue weighted by Crippen LogP contribution is -2.22. The maximum atomic E-state index is 12.3. The zero-order valence-electron chi connectivity index (χ0n) is 12.2. The summed E-state index contributed by atoms with van der Waals surface area (Å²) in [6.45, 7) is 4.20. The number of benzene rings is 1. The van der Waals surface area contributed by atoms with Crippen molar-refractivity contribution in [3.8, 4) is 0 Å². The fourth-order valence-electron chi connectivity index (χ4n) is 2.65. The van der Waals surface area contributed by atoms with E-state index in [1.165, 1.54) is 0 Å². The van der Waals surface area contributed by atoms with Crippen LogP contribution < -0.4 is 10.6 Å². The molecule has 2 rings (SSSR count). The van der Waals surface area contributed by atoms with E-state index in [2.05, 4.69) is 24.5 Å². The highest BCUT2D eigenvalue weighted by atomic mass is 16.2. The largest absolute Gasteiger partial charge is 0.326 e. The minimum absolute atomic E-state index is 0.0123. The average Bonchev–Trinajstić information content (AvgIpc) is 2.77. The van der Waals surface area contributed by atoms with Crippen LogP contribution in [0.1, 0.15) is 45.1 Å². The molecule has 0 spiro atoms. The third-order valence-corrected chi connectivity index (χ3v) is 3.64. The Kier molecular flexibility index (Phi) is 4.77. The highest BCUT2D eigenvalue weighted by Gasteiger charge is 2.20. The van der Waals surface area contributed by atoms with E-state index in [4.69, 9.17) is 0 Å². The molecule has 20 heavy (non-hydrogen) atoms. The molecule has 108 valence electrons. The van der Waals surface area contributed by atoms with Gasteiger partial charge in [-0.25, -0.2) is 0 Å². The Bertz CT molecular complexity index is 505. The van der Waals surface area contributed by atoms with Crippen LogP contribution in [0.3, 0.4) is 0 Å². The number of anilines is 2. The van der Waals surface area contributed by atoms with Crippen molar-refractivity contribution in [1.82, 2.24) is 0 Å². The predicted molar refractivity (Wildman–Crippen MR) is 80.7 cm³/mol. The second-order valence-electron chi connectivity index (χ2n) is 5.36. The molecular formula is C16H22N2O2. The first kappa shape index (κ1) is 14.6. The van der Waals surface area contributed by atoms with Crippen LogP contribution >= 0.6 is 0 Å². The first-order valence-electron chi connectivity index (χ1n) is 7.37. The molecule has 0 radical (unpaired) electrons. The third kappa shape index (κ3) is 3.38. The number of fused-ring (bicyclic) bond motifs is 1. The van der Waals surface area contributed by atoms with Crippen molar-refractivity contribution in [2.75, 3.05) is 10.6 Å². The van der Waals surface area contributed by atoms with Crippen LogP contribution in [0.2, 0.25) is 0 Å². The van der Waals surface area contributed by atoms with Crippen molar-refractivity contribution in [3.63, 3.8) is 0 Å². The lowest BCUT2D eigenvalue weighted by Gasteiger charge is -2.15. The molecule has 0 fully saturated rings. The number of carbonyl (C=O) groups is 2. The maximum absolute atomic E-state index is 12.3. The van der Waals surface area contributed by atoms with Crippen molar-refractivity contribution < 1.29 is 9.59 Å². The van der Waals surface area contributed by atoms with Gasteiger partial charge in [0.2, 0.25) is 11.8 Å². The Labute approximate surface area is 119 Å². The molecule has 1 aliphatic heterocycles. The molecule has 0 atom stereocenters. The minimum atomic E-state index is 0.0123. The smallest absolute Gasteiger partial charge is 0.228 e. The Balaban J connectivity index is 2.04. The lowest BCUT2D eigenvalue weighted by molar-refractivity contribution is -0.120. The number of amides is 2. The summed E-state index contributed by atoms with van der Waals surface area (Å²) >= 11 is 0. The molecule has 0 bridgehead atoms. The molecule has 2 amide bonds. The number of rotatable bonds is 6. The van der Waals surface area contributed by atoms with Gasteiger partial charge in [-0.2, -0.15) is 0 Å².